The number of fused-ring (bicyclic) bond motifs is 1. The summed E-state index contributed by atoms with van der Waals surface area (Å²) in [4.78, 5) is 15.6. The summed E-state index contributed by atoms with van der Waals surface area (Å²) in [6.45, 7) is 0.787. The first-order valence-electron chi connectivity index (χ1n) is 6.20. The molecule has 0 saturated heterocycles. The van der Waals surface area contributed by atoms with Crippen LogP contribution in [0.15, 0.2) is 24.4 Å². The van der Waals surface area contributed by atoms with E-state index in [1.807, 2.05) is 6.07 Å². The average Bonchev–Trinajstić information content (AvgIpc) is 3.08. The van der Waals surface area contributed by atoms with Gasteiger partial charge in [-0.1, -0.05) is 18.9 Å². The van der Waals surface area contributed by atoms with Crippen molar-refractivity contribution in [2.45, 2.75) is 19.3 Å². The van der Waals surface area contributed by atoms with Gasteiger partial charge in [-0.05, 0) is 24.5 Å². The van der Waals surface area contributed by atoms with E-state index in [1.165, 1.54) is 12.8 Å². The second-order valence-corrected chi connectivity index (χ2v) is 4.70. The zero-order valence-electron chi connectivity index (χ0n) is 9.97. The number of rotatable bonds is 5. The molecule has 5 heteroatoms. The molecule has 2 N–H and O–H groups in total. The summed E-state index contributed by atoms with van der Waals surface area (Å²) >= 11 is 0. The van der Waals surface area contributed by atoms with Gasteiger partial charge >= 0.3 is 5.97 Å². The summed E-state index contributed by atoms with van der Waals surface area (Å²) < 4.78 is 1.60. The molecule has 0 unspecified atom stereocenters. The van der Waals surface area contributed by atoms with Crippen LogP contribution in [-0.2, 0) is 0 Å². The highest BCUT2D eigenvalue weighted by atomic mass is 16.4. The summed E-state index contributed by atoms with van der Waals surface area (Å²) in [5, 5.41) is 12.4. The number of imidazole rings is 1. The molecule has 0 atom stereocenters. The molecule has 1 fully saturated rings. The fourth-order valence-electron chi connectivity index (χ4n) is 2.12. The molecule has 3 rings (SSSR count). The molecule has 18 heavy (non-hydrogen) atoms. The molecule has 0 amide bonds. The van der Waals surface area contributed by atoms with Crippen molar-refractivity contribution in [2.75, 3.05) is 11.9 Å². The lowest BCUT2D eigenvalue weighted by Gasteiger charge is -2.03. The smallest absolute Gasteiger partial charge is 0.356 e. The van der Waals surface area contributed by atoms with Crippen molar-refractivity contribution < 1.29 is 9.90 Å². The molecule has 0 aliphatic heterocycles. The highest BCUT2D eigenvalue weighted by Gasteiger charge is 2.22. The maximum absolute atomic E-state index is 11.3. The number of hydrogen-bond donors (Lipinski definition) is 2. The van der Waals surface area contributed by atoms with Crippen molar-refractivity contribution in [1.29, 1.82) is 0 Å². The van der Waals surface area contributed by atoms with Crippen LogP contribution < -0.4 is 5.32 Å². The lowest BCUT2D eigenvalue weighted by atomic mass is 10.3. The third kappa shape index (κ3) is 2.03. The Kier molecular flexibility index (Phi) is 2.66. The first-order valence-corrected chi connectivity index (χ1v) is 6.20. The van der Waals surface area contributed by atoms with Gasteiger partial charge in [0.1, 0.15) is 5.65 Å². The molecule has 0 spiro atoms. The normalized spacial score (nSPS) is 14.9. The monoisotopic (exact) mass is 245 g/mol. The quantitative estimate of drug-likeness (QED) is 0.847. The van der Waals surface area contributed by atoms with Crippen LogP contribution in [0.1, 0.15) is 29.8 Å². The number of hydrogen-bond acceptors (Lipinski definition) is 3. The maximum Gasteiger partial charge on any atom is 0.356 e. The number of carboxylic acid groups (broad SMARTS) is 1. The van der Waals surface area contributed by atoms with Gasteiger partial charge in [-0.2, -0.15) is 0 Å². The van der Waals surface area contributed by atoms with Gasteiger partial charge in [0.05, 0.1) is 0 Å². The van der Waals surface area contributed by atoms with Crippen LogP contribution in [0.25, 0.3) is 5.65 Å². The third-order valence-corrected chi connectivity index (χ3v) is 3.27. The molecule has 2 heterocycles. The van der Waals surface area contributed by atoms with Crippen LogP contribution in [0, 0.1) is 5.92 Å². The van der Waals surface area contributed by atoms with Crippen LogP contribution in [0.5, 0.6) is 0 Å². The molecule has 0 bridgehead atoms. The zero-order chi connectivity index (χ0) is 12.5. The highest BCUT2D eigenvalue weighted by molar-refractivity contribution is 5.92. The Labute approximate surface area is 104 Å². The van der Waals surface area contributed by atoms with Crippen molar-refractivity contribution >= 4 is 17.4 Å². The SMILES string of the molecule is O=C(O)c1c(NCCC2CC2)nc2ccccn12. The Morgan fingerprint density at radius 2 is 2.33 bits per heavy atom. The van der Waals surface area contributed by atoms with E-state index in [1.54, 1.807) is 22.7 Å². The van der Waals surface area contributed by atoms with Crippen molar-refractivity contribution in [3.8, 4) is 0 Å². The van der Waals surface area contributed by atoms with E-state index in [0.717, 1.165) is 18.9 Å². The largest absolute Gasteiger partial charge is 0.476 e. The standard InChI is InChI=1S/C13H15N3O2/c17-13(18)11-12(14-7-6-9-4-5-9)15-10-3-1-2-8-16(10)11/h1-3,8-9,14H,4-7H2,(H,17,18). The maximum atomic E-state index is 11.3. The molecule has 1 aliphatic carbocycles. The molecule has 2 aromatic heterocycles. The van der Waals surface area contributed by atoms with Gasteiger partial charge in [-0.15, -0.1) is 0 Å². The predicted molar refractivity (Wildman–Crippen MR) is 68.0 cm³/mol. The fourth-order valence-corrected chi connectivity index (χ4v) is 2.12. The van der Waals surface area contributed by atoms with Gasteiger partial charge < -0.3 is 10.4 Å². The number of carboxylic acids is 1. The van der Waals surface area contributed by atoms with Crippen LogP contribution in [0.2, 0.25) is 0 Å². The van der Waals surface area contributed by atoms with Gasteiger partial charge in [0.25, 0.3) is 0 Å². The van der Waals surface area contributed by atoms with Crippen LogP contribution in [-0.4, -0.2) is 27.0 Å². The highest BCUT2D eigenvalue weighted by Crippen LogP contribution is 2.32. The Hall–Kier alpha value is -2.04. The Morgan fingerprint density at radius 1 is 1.50 bits per heavy atom. The second kappa shape index (κ2) is 4.33. The van der Waals surface area contributed by atoms with E-state index >= 15 is 0 Å². The van der Waals surface area contributed by atoms with E-state index in [0.29, 0.717) is 11.5 Å². The molecule has 5 nitrogen and oxygen atoms in total. The number of pyridine rings is 1. The molecule has 94 valence electrons. The Morgan fingerprint density at radius 3 is 3.06 bits per heavy atom. The van der Waals surface area contributed by atoms with Crippen molar-refractivity contribution in [2.24, 2.45) is 5.92 Å². The summed E-state index contributed by atoms with van der Waals surface area (Å²) in [5.74, 6) is 0.333. The summed E-state index contributed by atoms with van der Waals surface area (Å²) in [6, 6.07) is 5.45. The minimum absolute atomic E-state index is 0.210. The molecular weight excluding hydrogens is 230 g/mol. The van der Waals surface area contributed by atoms with Crippen LogP contribution >= 0.6 is 0 Å². The van der Waals surface area contributed by atoms with Gasteiger partial charge in [-0.25, -0.2) is 9.78 Å². The van der Waals surface area contributed by atoms with Crippen LogP contribution in [0.4, 0.5) is 5.82 Å². The van der Waals surface area contributed by atoms with Crippen molar-refractivity contribution in [3.05, 3.63) is 30.1 Å². The van der Waals surface area contributed by atoms with Gasteiger partial charge in [0, 0.05) is 12.7 Å². The van der Waals surface area contributed by atoms with Crippen molar-refractivity contribution in [3.63, 3.8) is 0 Å². The number of anilines is 1. The lowest BCUT2D eigenvalue weighted by Crippen LogP contribution is -2.09. The number of aromatic carboxylic acids is 1. The fraction of sp³-hybridized carbons (Fsp3) is 0.385. The van der Waals surface area contributed by atoms with E-state index in [-0.39, 0.29) is 5.69 Å². The number of nitrogens with one attached hydrogen (secondary N) is 1. The lowest BCUT2D eigenvalue weighted by molar-refractivity contribution is 0.0690. The molecule has 0 radical (unpaired) electrons. The summed E-state index contributed by atoms with van der Waals surface area (Å²) in [6.07, 6.45) is 5.42. The van der Waals surface area contributed by atoms with Gasteiger partial charge in [0.15, 0.2) is 11.5 Å². The third-order valence-electron chi connectivity index (χ3n) is 3.27. The average molecular weight is 245 g/mol. The number of carbonyl (C=O) groups is 1. The van der Waals surface area contributed by atoms with E-state index in [2.05, 4.69) is 10.3 Å². The topological polar surface area (TPSA) is 66.6 Å². The molecule has 0 aromatic carbocycles. The van der Waals surface area contributed by atoms with E-state index < -0.39 is 5.97 Å². The zero-order valence-corrected chi connectivity index (χ0v) is 9.97. The Balaban J connectivity index is 1.88. The van der Waals surface area contributed by atoms with Gasteiger partial charge in [-0.3, -0.25) is 4.40 Å². The summed E-state index contributed by atoms with van der Waals surface area (Å²) in [5.41, 5.74) is 0.866. The Bertz CT molecular complexity index is 587. The molecule has 2 aromatic rings. The molecular formula is C13H15N3O2. The minimum atomic E-state index is -0.956. The first kappa shape index (κ1) is 11.1. The van der Waals surface area contributed by atoms with Crippen molar-refractivity contribution in [1.82, 2.24) is 9.38 Å². The molecule has 1 saturated carbocycles. The molecule has 1 aliphatic rings. The second-order valence-electron chi connectivity index (χ2n) is 4.70. The number of nitrogens with zero attached hydrogens (tertiary/aromatic N) is 2. The van der Waals surface area contributed by atoms with E-state index in [4.69, 9.17) is 0 Å². The van der Waals surface area contributed by atoms with E-state index in [9.17, 15) is 9.90 Å². The van der Waals surface area contributed by atoms with Crippen LogP contribution in [0.3, 0.4) is 0 Å². The predicted octanol–water partition coefficient (Wildman–Crippen LogP) is 2.24. The number of aromatic nitrogens is 2. The summed E-state index contributed by atoms with van der Waals surface area (Å²) in [7, 11) is 0. The minimum Gasteiger partial charge on any atom is -0.476 e. The first-order chi connectivity index (χ1) is 8.75. The van der Waals surface area contributed by atoms with Gasteiger partial charge in [0.2, 0.25) is 0 Å².